The Bertz CT molecular complexity index is 537. The van der Waals surface area contributed by atoms with Gasteiger partial charge in [-0.05, 0) is 30.3 Å². The van der Waals surface area contributed by atoms with Gasteiger partial charge in [-0.2, -0.15) is 0 Å². The molecule has 0 bridgehead atoms. The Hall–Kier alpha value is -0.993. The topological polar surface area (TPSA) is 74.8 Å². The minimum Gasteiger partial charge on any atom is -0.416 e. The predicted molar refractivity (Wildman–Crippen MR) is 105 cm³/mol. The van der Waals surface area contributed by atoms with Crippen molar-refractivity contribution in [3.63, 3.8) is 0 Å². The number of anilines is 1. The number of nitrogen functional groups attached to an aromatic ring is 1. The number of nitrogens with two attached hydrogens (primary N) is 1. The number of aliphatic hydroxyl groups excluding tert-OH is 1. The van der Waals surface area contributed by atoms with Gasteiger partial charge in [0.05, 0.1) is 0 Å². The molecule has 1 atom stereocenters. The lowest BCUT2D eigenvalue weighted by molar-refractivity contribution is -0.0289. The molecule has 7 heteroatoms. The number of aromatic nitrogens is 1. The summed E-state index contributed by atoms with van der Waals surface area (Å²) in [5, 5.41) is 10.8. The van der Waals surface area contributed by atoms with Crippen LogP contribution in [0.3, 0.4) is 0 Å². The summed E-state index contributed by atoms with van der Waals surface area (Å²) in [6, 6.07) is 3.57. The van der Waals surface area contributed by atoms with Crippen molar-refractivity contribution in [3.8, 4) is 0 Å². The van der Waals surface area contributed by atoms with Gasteiger partial charge in [0, 0.05) is 51.1 Å². The minimum absolute atomic E-state index is 0.253. The number of piperazine rings is 1. The smallest absolute Gasteiger partial charge is 0.192 e. The molecule has 1 fully saturated rings. The van der Waals surface area contributed by atoms with Crippen molar-refractivity contribution in [3.05, 3.63) is 23.9 Å². The second-order valence-electron chi connectivity index (χ2n) is 8.38. The highest BCUT2D eigenvalue weighted by molar-refractivity contribution is 6.74. The number of pyridine rings is 1. The fourth-order valence-electron chi connectivity index (χ4n) is 2.66. The van der Waals surface area contributed by atoms with Crippen molar-refractivity contribution in [1.82, 2.24) is 14.8 Å². The summed E-state index contributed by atoms with van der Waals surface area (Å²) < 4.78 is 6.27. The Morgan fingerprint density at radius 1 is 1.24 bits per heavy atom. The molecule has 1 saturated heterocycles. The van der Waals surface area contributed by atoms with Gasteiger partial charge in [0.25, 0.3) is 0 Å². The Morgan fingerprint density at radius 3 is 2.40 bits per heavy atom. The second kappa shape index (κ2) is 8.14. The maximum absolute atomic E-state index is 10.5. The SMILES string of the molecule is CC(C)(C)[Si](C)(C)OCCN1CCN(C(O)c2ccc(N)nc2)CC1. The van der Waals surface area contributed by atoms with Crippen LogP contribution in [0.25, 0.3) is 0 Å². The van der Waals surface area contributed by atoms with E-state index in [9.17, 15) is 5.11 Å². The highest BCUT2D eigenvalue weighted by Crippen LogP contribution is 2.36. The third kappa shape index (κ3) is 5.49. The largest absolute Gasteiger partial charge is 0.416 e. The van der Waals surface area contributed by atoms with E-state index in [4.69, 9.17) is 10.2 Å². The highest BCUT2D eigenvalue weighted by atomic mass is 28.4. The standard InChI is InChI=1S/C18H34N4O2Si/c1-18(2,3)25(4,5)24-13-12-21-8-10-22(11-9-21)17(23)15-6-7-16(19)20-14-15/h6-7,14,17,23H,8-13H2,1-5H3,(H2,19,20). The Labute approximate surface area is 153 Å². The molecular weight excluding hydrogens is 332 g/mol. The van der Waals surface area contributed by atoms with Crippen molar-refractivity contribution in [2.24, 2.45) is 0 Å². The molecule has 3 N–H and O–H groups in total. The van der Waals surface area contributed by atoms with Gasteiger partial charge in [-0.15, -0.1) is 0 Å². The van der Waals surface area contributed by atoms with Gasteiger partial charge in [0.2, 0.25) is 0 Å². The monoisotopic (exact) mass is 366 g/mol. The third-order valence-corrected chi connectivity index (χ3v) is 10.1. The number of nitrogens with zero attached hydrogens (tertiary/aromatic N) is 3. The van der Waals surface area contributed by atoms with E-state index < -0.39 is 14.5 Å². The lowest BCUT2D eigenvalue weighted by Gasteiger charge is -2.39. The molecule has 1 aromatic heterocycles. The zero-order valence-electron chi connectivity index (χ0n) is 16.3. The summed E-state index contributed by atoms with van der Waals surface area (Å²) in [5.41, 5.74) is 6.40. The maximum atomic E-state index is 10.5. The van der Waals surface area contributed by atoms with Crippen molar-refractivity contribution in [1.29, 1.82) is 0 Å². The number of hydrogen-bond donors (Lipinski definition) is 2. The predicted octanol–water partition coefficient (Wildman–Crippen LogP) is 2.29. The van der Waals surface area contributed by atoms with Crippen molar-refractivity contribution >= 4 is 14.1 Å². The zero-order valence-corrected chi connectivity index (χ0v) is 17.3. The molecule has 2 heterocycles. The first kappa shape index (κ1) is 20.3. The van der Waals surface area contributed by atoms with Crippen LogP contribution in [0.5, 0.6) is 0 Å². The molecule has 0 radical (unpaired) electrons. The molecular formula is C18H34N4O2Si. The van der Waals surface area contributed by atoms with Crippen LogP contribution < -0.4 is 5.73 Å². The number of hydrogen-bond acceptors (Lipinski definition) is 6. The summed E-state index contributed by atoms with van der Waals surface area (Å²) in [7, 11) is -1.66. The van der Waals surface area contributed by atoms with Gasteiger partial charge in [-0.3, -0.25) is 9.80 Å². The van der Waals surface area contributed by atoms with E-state index in [2.05, 4.69) is 48.6 Å². The average molecular weight is 367 g/mol. The maximum Gasteiger partial charge on any atom is 0.192 e. The van der Waals surface area contributed by atoms with Gasteiger partial charge in [0.1, 0.15) is 12.0 Å². The first-order valence-corrected chi connectivity index (χ1v) is 12.0. The molecule has 6 nitrogen and oxygen atoms in total. The molecule has 0 aromatic carbocycles. The van der Waals surface area contributed by atoms with Gasteiger partial charge < -0.3 is 15.3 Å². The summed E-state index contributed by atoms with van der Waals surface area (Å²) in [4.78, 5) is 8.56. The van der Waals surface area contributed by atoms with Crippen LogP contribution in [-0.2, 0) is 4.43 Å². The van der Waals surface area contributed by atoms with E-state index in [1.54, 1.807) is 12.3 Å². The zero-order chi connectivity index (χ0) is 18.7. The van der Waals surface area contributed by atoms with Crippen LogP contribution in [0, 0.1) is 0 Å². The van der Waals surface area contributed by atoms with Crippen molar-refractivity contribution in [2.45, 2.75) is 45.1 Å². The summed E-state index contributed by atoms with van der Waals surface area (Å²) in [5.74, 6) is 0.475. The van der Waals surface area contributed by atoms with Crippen molar-refractivity contribution in [2.75, 3.05) is 45.1 Å². The average Bonchev–Trinajstić information content (AvgIpc) is 2.54. The van der Waals surface area contributed by atoms with E-state index in [1.807, 2.05) is 6.07 Å². The molecule has 1 unspecified atom stereocenters. The fraction of sp³-hybridized carbons (Fsp3) is 0.722. The Kier molecular flexibility index (Phi) is 6.61. The van der Waals surface area contributed by atoms with Gasteiger partial charge in [-0.25, -0.2) is 4.98 Å². The number of aliphatic hydroxyl groups is 1. The summed E-state index contributed by atoms with van der Waals surface area (Å²) in [6.45, 7) is 16.7. The molecule has 0 saturated carbocycles. The lowest BCUT2D eigenvalue weighted by Crippen LogP contribution is -2.49. The van der Waals surface area contributed by atoms with E-state index >= 15 is 0 Å². The Balaban J connectivity index is 1.75. The molecule has 0 aliphatic carbocycles. The molecule has 1 aliphatic rings. The molecule has 25 heavy (non-hydrogen) atoms. The normalized spacial score (nSPS) is 19.1. The van der Waals surface area contributed by atoms with Crippen LogP contribution in [0.1, 0.15) is 32.6 Å². The summed E-state index contributed by atoms with van der Waals surface area (Å²) >= 11 is 0. The number of rotatable bonds is 6. The van der Waals surface area contributed by atoms with Gasteiger partial charge in [-0.1, -0.05) is 20.8 Å². The van der Waals surface area contributed by atoms with E-state index in [-0.39, 0.29) is 5.04 Å². The third-order valence-electron chi connectivity index (χ3n) is 5.54. The fourth-order valence-corrected chi connectivity index (χ4v) is 3.69. The molecule has 142 valence electrons. The first-order chi connectivity index (χ1) is 11.6. The molecule has 2 rings (SSSR count). The minimum atomic E-state index is -1.66. The van der Waals surface area contributed by atoms with Gasteiger partial charge >= 0.3 is 0 Å². The van der Waals surface area contributed by atoms with Crippen molar-refractivity contribution < 1.29 is 9.53 Å². The van der Waals surface area contributed by atoms with Crippen LogP contribution in [0.4, 0.5) is 5.82 Å². The highest BCUT2D eigenvalue weighted by Gasteiger charge is 2.37. The van der Waals surface area contributed by atoms with E-state index in [0.29, 0.717) is 5.82 Å². The molecule has 1 aliphatic heterocycles. The molecule has 1 aromatic rings. The van der Waals surface area contributed by atoms with E-state index in [1.165, 1.54) is 0 Å². The second-order valence-corrected chi connectivity index (χ2v) is 13.2. The van der Waals surface area contributed by atoms with Crippen LogP contribution in [0.15, 0.2) is 18.3 Å². The Morgan fingerprint density at radius 2 is 1.88 bits per heavy atom. The molecule has 0 amide bonds. The lowest BCUT2D eigenvalue weighted by atomic mass is 10.2. The quantitative estimate of drug-likeness (QED) is 0.753. The van der Waals surface area contributed by atoms with Crippen LogP contribution >= 0.6 is 0 Å². The summed E-state index contributed by atoms with van der Waals surface area (Å²) in [6.07, 6.45) is 1.04. The first-order valence-electron chi connectivity index (χ1n) is 9.10. The van der Waals surface area contributed by atoms with Crippen LogP contribution in [-0.4, -0.2) is 67.5 Å². The van der Waals surface area contributed by atoms with E-state index in [0.717, 1.165) is 44.9 Å². The van der Waals surface area contributed by atoms with Crippen LogP contribution in [0.2, 0.25) is 18.1 Å². The van der Waals surface area contributed by atoms with Gasteiger partial charge in [0.15, 0.2) is 8.32 Å². The molecule has 0 spiro atoms.